The number of nitrogens with zero attached hydrogens (tertiary/aromatic N) is 1. The van der Waals surface area contributed by atoms with Crippen LogP contribution in [-0.4, -0.2) is 36.0 Å². The lowest BCUT2D eigenvalue weighted by Crippen LogP contribution is -2.44. The van der Waals surface area contributed by atoms with Gasteiger partial charge in [0.15, 0.2) is 11.5 Å². The van der Waals surface area contributed by atoms with Gasteiger partial charge in [0.25, 0.3) is 0 Å². The topological polar surface area (TPSA) is 97.2 Å². The van der Waals surface area contributed by atoms with Crippen molar-refractivity contribution in [3.8, 4) is 11.5 Å². The number of urea groups is 1. The van der Waals surface area contributed by atoms with Crippen LogP contribution in [0.1, 0.15) is 38.8 Å². The van der Waals surface area contributed by atoms with Crippen LogP contribution in [0.15, 0.2) is 23.2 Å². The number of phenolic OH excluding ortho intramolecular Hbond substituents is 1. The van der Waals surface area contributed by atoms with E-state index in [-0.39, 0.29) is 5.75 Å². The number of benzene rings is 1. The second-order valence-electron chi connectivity index (χ2n) is 5.49. The molecule has 1 heterocycles. The average Bonchev–Trinajstić information content (AvgIpc) is 2.54. The fourth-order valence-corrected chi connectivity index (χ4v) is 2.59. The molecule has 2 N–H and O–H groups in total. The van der Waals surface area contributed by atoms with E-state index in [1.54, 1.807) is 26.0 Å². The second kappa shape index (κ2) is 7.81. The third-order valence-corrected chi connectivity index (χ3v) is 3.69. The number of aliphatic imine (C=N–C) groups is 1. The predicted octanol–water partition coefficient (Wildman–Crippen LogP) is 2.59. The van der Waals surface area contributed by atoms with Gasteiger partial charge in [-0.2, -0.15) is 0 Å². The Morgan fingerprint density at radius 2 is 2.12 bits per heavy atom. The Balaban J connectivity index is 2.37. The van der Waals surface area contributed by atoms with Crippen molar-refractivity contribution in [2.24, 2.45) is 10.9 Å². The first-order chi connectivity index (χ1) is 11.5. The zero-order chi connectivity index (χ0) is 17.7. The lowest BCUT2D eigenvalue weighted by molar-refractivity contribution is -0.147. The molecular formula is C17H22N2O5. The van der Waals surface area contributed by atoms with Gasteiger partial charge >= 0.3 is 12.0 Å². The van der Waals surface area contributed by atoms with Crippen LogP contribution in [0.5, 0.6) is 11.5 Å². The van der Waals surface area contributed by atoms with E-state index in [1.807, 2.05) is 6.92 Å². The van der Waals surface area contributed by atoms with Gasteiger partial charge in [0.1, 0.15) is 5.92 Å². The summed E-state index contributed by atoms with van der Waals surface area (Å²) < 4.78 is 10.6. The van der Waals surface area contributed by atoms with Crippen LogP contribution in [0.3, 0.4) is 0 Å². The van der Waals surface area contributed by atoms with E-state index in [9.17, 15) is 14.7 Å². The molecule has 0 aromatic heterocycles. The number of hydrogen-bond donors (Lipinski definition) is 2. The molecule has 130 valence electrons. The zero-order valence-corrected chi connectivity index (χ0v) is 14.0. The van der Waals surface area contributed by atoms with E-state index in [0.717, 1.165) is 0 Å². The van der Waals surface area contributed by atoms with Crippen molar-refractivity contribution in [1.82, 2.24) is 5.32 Å². The molecule has 2 atom stereocenters. The highest BCUT2D eigenvalue weighted by Gasteiger charge is 2.38. The summed E-state index contributed by atoms with van der Waals surface area (Å²) >= 11 is 0. The fraction of sp³-hybridized carbons (Fsp3) is 0.471. The van der Waals surface area contributed by atoms with E-state index >= 15 is 0 Å². The standard InChI is InChI=1S/C17H22N2O5/c1-4-8-24-16(21)14-10(3)18-17(22)19-15(14)11-6-7-12(20)13(9-11)23-5-2/h6-7,9,14-15,20H,4-5,8H2,1-3H3,(H,19,22). The summed E-state index contributed by atoms with van der Waals surface area (Å²) in [7, 11) is 0. The molecule has 2 unspecified atom stereocenters. The molecule has 0 saturated heterocycles. The third-order valence-electron chi connectivity index (χ3n) is 3.69. The highest BCUT2D eigenvalue weighted by molar-refractivity contribution is 6.08. The van der Waals surface area contributed by atoms with E-state index < -0.39 is 24.0 Å². The first-order valence-corrected chi connectivity index (χ1v) is 7.95. The molecule has 1 aromatic carbocycles. The molecule has 24 heavy (non-hydrogen) atoms. The summed E-state index contributed by atoms with van der Waals surface area (Å²) in [6.07, 6.45) is 0.708. The normalized spacial score (nSPS) is 20.1. The number of aromatic hydroxyl groups is 1. The minimum absolute atomic E-state index is 0.00163. The summed E-state index contributed by atoms with van der Waals surface area (Å²) in [6.45, 7) is 6.03. The summed E-state index contributed by atoms with van der Waals surface area (Å²) in [4.78, 5) is 28.0. The molecule has 0 spiro atoms. The van der Waals surface area contributed by atoms with E-state index in [2.05, 4.69) is 10.3 Å². The van der Waals surface area contributed by atoms with Crippen molar-refractivity contribution in [2.45, 2.75) is 33.2 Å². The quantitative estimate of drug-likeness (QED) is 0.779. The molecule has 1 aliphatic rings. The van der Waals surface area contributed by atoms with Crippen molar-refractivity contribution >= 4 is 17.7 Å². The van der Waals surface area contributed by atoms with Gasteiger partial charge in [0.2, 0.25) is 0 Å². The van der Waals surface area contributed by atoms with Gasteiger partial charge in [-0.15, -0.1) is 0 Å². The van der Waals surface area contributed by atoms with Gasteiger partial charge in [-0.25, -0.2) is 9.79 Å². The molecule has 7 nitrogen and oxygen atoms in total. The Hall–Kier alpha value is -2.57. The van der Waals surface area contributed by atoms with Gasteiger partial charge < -0.3 is 19.9 Å². The molecular weight excluding hydrogens is 312 g/mol. The Bertz CT molecular complexity index is 656. The van der Waals surface area contributed by atoms with Crippen molar-refractivity contribution in [2.75, 3.05) is 13.2 Å². The Morgan fingerprint density at radius 3 is 2.79 bits per heavy atom. The largest absolute Gasteiger partial charge is 0.504 e. The predicted molar refractivity (Wildman–Crippen MR) is 88.4 cm³/mol. The number of rotatable bonds is 6. The first kappa shape index (κ1) is 17.8. The van der Waals surface area contributed by atoms with E-state index in [4.69, 9.17) is 9.47 Å². The summed E-state index contributed by atoms with van der Waals surface area (Å²) in [5.41, 5.74) is 1.04. The molecule has 0 aliphatic carbocycles. The molecule has 0 bridgehead atoms. The maximum absolute atomic E-state index is 12.4. The van der Waals surface area contributed by atoms with E-state index in [0.29, 0.717) is 36.7 Å². The van der Waals surface area contributed by atoms with Gasteiger partial charge in [-0.05, 0) is 38.0 Å². The minimum atomic E-state index is -0.715. The average molecular weight is 334 g/mol. The second-order valence-corrected chi connectivity index (χ2v) is 5.49. The smallest absolute Gasteiger partial charge is 0.341 e. The molecule has 0 fully saturated rings. The molecule has 7 heteroatoms. The van der Waals surface area contributed by atoms with Gasteiger partial charge in [-0.3, -0.25) is 4.79 Å². The van der Waals surface area contributed by atoms with E-state index in [1.165, 1.54) is 6.07 Å². The molecule has 0 saturated carbocycles. The highest BCUT2D eigenvalue weighted by atomic mass is 16.5. The highest BCUT2D eigenvalue weighted by Crippen LogP contribution is 2.34. The fourth-order valence-electron chi connectivity index (χ4n) is 2.59. The Morgan fingerprint density at radius 1 is 1.38 bits per heavy atom. The monoisotopic (exact) mass is 334 g/mol. The van der Waals surface area contributed by atoms with Gasteiger partial charge in [-0.1, -0.05) is 13.0 Å². The van der Waals surface area contributed by atoms with Crippen LogP contribution in [0.4, 0.5) is 4.79 Å². The molecule has 1 aliphatic heterocycles. The van der Waals surface area contributed by atoms with Gasteiger partial charge in [0, 0.05) is 5.71 Å². The maximum atomic E-state index is 12.4. The molecule has 0 radical (unpaired) electrons. The number of phenols is 1. The van der Waals surface area contributed by atoms with Gasteiger partial charge in [0.05, 0.1) is 19.3 Å². The van der Waals surface area contributed by atoms with Crippen LogP contribution >= 0.6 is 0 Å². The van der Waals surface area contributed by atoms with Crippen molar-refractivity contribution in [3.05, 3.63) is 23.8 Å². The number of esters is 1. The molecule has 1 aromatic rings. The minimum Gasteiger partial charge on any atom is -0.504 e. The number of ether oxygens (including phenoxy) is 2. The molecule has 2 rings (SSSR count). The lowest BCUT2D eigenvalue weighted by Gasteiger charge is -2.30. The number of carbonyl (C=O) groups excluding carboxylic acids is 2. The number of amides is 2. The van der Waals surface area contributed by atoms with Crippen molar-refractivity contribution < 1.29 is 24.2 Å². The summed E-state index contributed by atoms with van der Waals surface area (Å²) in [5, 5.41) is 12.5. The zero-order valence-electron chi connectivity index (χ0n) is 14.0. The Labute approximate surface area is 140 Å². The first-order valence-electron chi connectivity index (χ1n) is 7.95. The van der Waals surface area contributed by atoms with Crippen LogP contribution < -0.4 is 10.1 Å². The maximum Gasteiger partial charge on any atom is 0.341 e. The molecule has 2 amide bonds. The van der Waals surface area contributed by atoms with Crippen LogP contribution in [0, 0.1) is 5.92 Å². The number of carbonyl (C=O) groups is 2. The SMILES string of the molecule is CCCOC(=O)C1C(C)=NC(=O)NC1c1ccc(O)c(OCC)c1. The lowest BCUT2D eigenvalue weighted by atomic mass is 9.88. The Kier molecular flexibility index (Phi) is 5.78. The number of nitrogens with one attached hydrogen (secondary N) is 1. The van der Waals surface area contributed by atoms with Crippen LogP contribution in [-0.2, 0) is 9.53 Å². The summed E-state index contributed by atoms with van der Waals surface area (Å²) in [6, 6.07) is 3.59. The van der Waals surface area contributed by atoms with Crippen LogP contribution in [0.2, 0.25) is 0 Å². The number of hydrogen-bond acceptors (Lipinski definition) is 5. The summed E-state index contributed by atoms with van der Waals surface area (Å²) in [5.74, 6) is -0.856. The van der Waals surface area contributed by atoms with Crippen molar-refractivity contribution in [1.29, 1.82) is 0 Å². The van der Waals surface area contributed by atoms with Crippen LogP contribution in [0.25, 0.3) is 0 Å². The van der Waals surface area contributed by atoms with Crippen molar-refractivity contribution in [3.63, 3.8) is 0 Å². The third kappa shape index (κ3) is 3.84.